The van der Waals surface area contributed by atoms with Gasteiger partial charge in [0.15, 0.2) is 0 Å². The third kappa shape index (κ3) is 5.24. The first-order valence-electron chi connectivity index (χ1n) is 8.00. The van der Waals surface area contributed by atoms with Crippen LogP contribution in [0, 0.1) is 0 Å². The van der Waals surface area contributed by atoms with E-state index in [0.29, 0.717) is 23.9 Å². The van der Waals surface area contributed by atoms with Gasteiger partial charge in [-0.05, 0) is 36.7 Å². The van der Waals surface area contributed by atoms with Crippen LogP contribution in [0.15, 0.2) is 48.5 Å². The Balaban J connectivity index is 2.01. The lowest BCUT2D eigenvalue weighted by Crippen LogP contribution is -2.28. The summed E-state index contributed by atoms with van der Waals surface area (Å²) < 4.78 is 5.43. The van der Waals surface area contributed by atoms with Crippen LogP contribution in [0.5, 0.6) is 5.75 Å². The summed E-state index contributed by atoms with van der Waals surface area (Å²) in [5, 5.41) is 11.0. The van der Waals surface area contributed by atoms with Crippen LogP contribution in [0.2, 0.25) is 5.02 Å². The Morgan fingerprint density at radius 3 is 2.48 bits per heavy atom. The molecular weight excluding hydrogens is 310 g/mol. The van der Waals surface area contributed by atoms with Gasteiger partial charge >= 0.3 is 0 Å². The zero-order valence-electron chi connectivity index (χ0n) is 13.7. The summed E-state index contributed by atoms with van der Waals surface area (Å²) in [5.41, 5.74) is 2.05. The minimum atomic E-state index is -0.577. The molecule has 0 aliphatic carbocycles. The van der Waals surface area contributed by atoms with Gasteiger partial charge in [0.2, 0.25) is 0 Å². The van der Waals surface area contributed by atoms with Crippen molar-refractivity contribution in [1.29, 1.82) is 0 Å². The van der Waals surface area contributed by atoms with Gasteiger partial charge in [0.05, 0.1) is 17.7 Å². The molecule has 3 nitrogen and oxygen atoms in total. The highest BCUT2D eigenvalue weighted by Gasteiger charge is 2.14. The first-order valence-corrected chi connectivity index (χ1v) is 8.38. The molecule has 0 aromatic heterocycles. The first kappa shape index (κ1) is 17.8. The van der Waals surface area contributed by atoms with Crippen molar-refractivity contribution in [3.63, 3.8) is 0 Å². The van der Waals surface area contributed by atoms with Gasteiger partial charge in [-0.2, -0.15) is 0 Å². The fraction of sp³-hybridized carbons (Fsp3) is 0.368. The molecule has 0 aliphatic heterocycles. The molecule has 124 valence electrons. The van der Waals surface area contributed by atoms with E-state index >= 15 is 0 Å². The van der Waals surface area contributed by atoms with Crippen LogP contribution in [-0.4, -0.2) is 29.7 Å². The van der Waals surface area contributed by atoms with Crippen molar-refractivity contribution < 1.29 is 9.84 Å². The molecule has 1 atom stereocenters. The summed E-state index contributed by atoms with van der Waals surface area (Å²) in [6.07, 6.45) is -0.577. The predicted octanol–water partition coefficient (Wildman–Crippen LogP) is 4.29. The number of aliphatic hydroxyl groups is 1. The molecule has 1 N–H and O–H groups in total. The van der Waals surface area contributed by atoms with E-state index in [2.05, 4.69) is 24.0 Å². The number of ether oxygens (including phenoxy) is 1. The standard InChI is InChI=1S/C19H24ClNO2/c1-3-21(13-15-8-6-5-7-9-15)14-18(22)16-10-11-19(23-4-2)17(20)12-16/h5-12,18,22H,3-4,13-14H2,1-2H3/t18-/m0/s1. The van der Waals surface area contributed by atoms with E-state index in [4.69, 9.17) is 16.3 Å². The summed E-state index contributed by atoms with van der Waals surface area (Å²) in [4.78, 5) is 2.21. The molecule has 2 aromatic rings. The third-order valence-corrected chi connectivity index (χ3v) is 4.06. The lowest BCUT2D eigenvalue weighted by Gasteiger charge is -2.24. The number of rotatable bonds is 8. The molecule has 0 heterocycles. The smallest absolute Gasteiger partial charge is 0.137 e. The van der Waals surface area contributed by atoms with Gasteiger partial charge in [0, 0.05) is 13.1 Å². The zero-order chi connectivity index (χ0) is 16.7. The third-order valence-electron chi connectivity index (χ3n) is 3.77. The van der Waals surface area contributed by atoms with Crippen molar-refractivity contribution in [2.45, 2.75) is 26.5 Å². The second-order valence-electron chi connectivity index (χ2n) is 5.45. The molecule has 4 heteroatoms. The summed E-state index contributed by atoms with van der Waals surface area (Å²) in [6.45, 7) is 6.84. The van der Waals surface area contributed by atoms with Gasteiger partial charge in [-0.1, -0.05) is 54.9 Å². The minimum absolute atomic E-state index is 0.537. The van der Waals surface area contributed by atoms with Gasteiger partial charge in [0.25, 0.3) is 0 Å². The fourth-order valence-electron chi connectivity index (χ4n) is 2.49. The monoisotopic (exact) mass is 333 g/mol. The van der Waals surface area contributed by atoms with Crippen molar-refractivity contribution in [3.05, 3.63) is 64.7 Å². The normalized spacial score (nSPS) is 12.4. The molecular formula is C19H24ClNO2. The number of hydrogen-bond donors (Lipinski definition) is 1. The average molecular weight is 334 g/mol. The molecule has 0 radical (unpaired) electrons. The quantitative estimate of drug-likeness (QED) is 0.782. The Bertz CT molecular complexity index is 604. The molecule has 0 saturated carbocycles. The molecule has 0 bridgehead atoms. The maximum Gasteiger partial charge on any atom is 0.137 e. The van der Waals surface area contributed by atoms with E-state index in [1.807, 2.05) is 37.3 Å². The Morgan fingerprint density at radius 2 is 1.87 bits per heavy atom. The van der Waals surface area contributed by atoms with Crippen LogP contribution in [0.25, 0.3) is 0 Å². The number of nitrogens with zero attached hydrogens (tertiary/aromatic N) is 1. The average Bonchev–Trinajstić information content (AvgIpc) is 2.57. The van der Waals surface area contributed by atoms with Gasteiger partial charge < -0.3 is 9.84 Å². The highest BCUT2D eigenvalue weighted by atomic mass is 35.5. The highest BCUT2D eigenvalue weighted by Crippen LogP contribution is 2.28. The highest BCUT2D eigenvalue weighted by molar-refractivity contribution is 6.32. The van der Waals surface area contributed by atoms with Crippen LogP contribution in [-0.2, 0) is 6.54 Å². The van der Waals surface area contributed by atoms with E-state index < -0.39 is 6.10 Å². The van der Waals surface area contributed by atoms with Crippen LogP contribution in [0.4, 0.5) is 0 Å². The van der Waals surface area contributed by atoms with E-state index in [-0.39, 0.29) is 0 Å². The minimum Gasteiger partial charge on any atom is -0.492 e. The first-order chi connectivity index (χ1) is 11.1. The van der Waals surface area contributed by atoms with E-state index in [1.165, 1.54) is 5.56 Å². The van der Waals surface area contributed by atoms with Gasteiger partial charge in [0.1, 0.15) is 5.75 Å². The molecule has 0 unspecified atom stereocenters. The molecule has 0 fully saturated rings. The Labute approximate surface area is 143 Å². The summed E-state index contributed by atoms with van der Waals surface area (Å²) in [5.74, 6) is 0.654. The van der Waals surface area contributed by atoms with Crippen LogP contribution in [0.3, 0.4) is 0 Å². The molecule has 0 saturated heterocycles. The summed E-state index contributed by atoms with van der Waals surface area (Å²) in [6, 6.07) is 15.8. The van der Waals surface area contributed by atoms with Crippen molar-refractivity contribution in [2.24, 2.45) is 0 Å². The van der Waals surface area contributed by atoms with Crippen molar-refractivity contribution in [2.75, 3.05) is 19.7 Å². The maximum absolute atomic E-state index is 10.5. The van der Waals surface area contributed by atoms with Gasteiger partial charge in [-0.3, -0.25) is 4.90 Å². The lowest BCUT2D eigenvalue weighted by molar-refractivity contribution is 0.112. The molecule has 2 aromatic carbocycles. The summed E-state index contributed by atoms with van der Waals surface area (Å²) >= 11 is 6.20. The lowest BCUT2D eigenvalue weighted by atomic mass is 10.1. The molecule has 2 rings (SSSR count). The zero-order valence-corrected chi connectivity index (χ0v) is 14.5. The Morgan fingerprint density at radius 1 is 1.13 bits per heavy atom. The molecule has 23 heavy (non-hydrogen) atoms. The SMILES string of the molecule is CCOc1ccc([C@@H](O)CN(CC)Cc2ccccc2)cc1Cl. The second kappa shape index (κ2) is 8.92. The van der Waals surface area contributed by atoms with Gasteiger partial charge in [-0.25, -0.2) is 0 Å². The van der Waals surface area contributed by atoms with Crippen molar-refractivity contribution in [3.8, 4) is 5.75 Å². The van der Waals surface area contributed by atoms with E-state index in [9.17, 15) is 5.11 Å². The molecule has 0 amide bonds. The Hall–Kier alpha value is -1.55. The molecule has 0 aliphatic rings. The fourth-order valence-corrected chi connectivity index (χ4v) is 2.74. The molecule has 0 spiro atoms. The predicted molar refractivity (Wildman–Crippen MR) is 95.0 cm³/mol. The maximum atomic E-state index is 10.5. The van der Waals surface area contributed by atoms with Crippen LogP contribution < -0.4 is 4.74 Å². The number of halogens is 1. The van der Waals surface area contributed by atoms with Crippen LogP contribution in [0.1, 0.15) is 31.1 Å². The van der Waals surface area contributed by atoms with Crippen molar-refractivity contribution in [1.82, 2.24) is 4.90 Å². The van der Waals surface area contributed by atoms with E-state index in [0.717, 1.165) is 18.7 Å². The topological polar surface area (TPSA) is 32.7 Å². The second-order valence-corrected chi connectivity index (χ2v) is 5.86. The number of benzene rings is 2. The number of aliphatic hydroxyl groups excluding tert-OH is 1. The van der Waals surface area contributed by atoms with Crippen molar-refractivity contribution >= 4 is 11.6 Å². The summed E-state index contributed by atoms with van der Waals surface area (Å²) in [7, 11) is 0. The van der Waals surface area contributed by atoms with Crippen LogP contribution >= 0.6 is 11.6 Å². The largest absolute Gasteiger partial charge is 0.492 e. The number of hydrogen-bond acceptors (Lipinski definition) is 3. The Kier molecular flexibility index (Phi) is 6.90. The van der Waals surface area contributed by atoms with E-state index in [1.54, 1.807) is 6.07 Å². The van der Waals surface area contributed by atoms with Gasteiger partial charge in [-0.15, -0.1) is 0 Å². The number of likely N-dealkylation sites (N-methyl/N-ethyl adjacent to an activating group) is 1.